The lowest BCUT2D eigenvalue weighted by Crippen LogP contribution is -2.15. The highest BCUT2D eigenvalue weighted by molar-refractivity contribution is 5.92. The molecule has 1 saturated heterocycles. The number of nitrogens with one attached hydrogen (secondary N) is 1. The first-order valence-electron chi connectivity index (χ1n) is 7.88. The van der Waals surface area contributed by atoms with E-state index in [2.05, 4.69) is 29.2 Å². The van der Waals surface area contributed by atoms with Crippen molar-refractivity contribution in [3.8, 4) is 0 Å². The van der Waals surface area contributed by atoms with Crippen LogP contribution in [-0.2, 0) is 9.53 Å². The molecule has 22 heavy (non-hydrogen) atoms. The average molecular weight is 302 g/mol. The number of hydrogen-bond donors (Lipinski definition) is 1. The van der Waals surface area contributed by atoms with Gasteiger partial charge in [0.2, 0.25) is 5.91 Å². The number of pyridine rings is 1. The van der Waals surface area contributed by atoms with Crippen LogP contribution in [0.1, 0.15) is 45.6 Å². The smallest absolute Gasteiger partial charge is 0.224 e. The minimum Gasteiger partial charge on any atom is -0.378 e. The number of aromatic nitrogens is 3. The molecule has 1 atom stereocenters. The minimum absolute atomic E-state index is 0.00732. The maximum atomic E-state index is 12.0. The average Bonchev–Trinajstić information content (AvgIpc) is 3.14. The van der Waals surface area contributed by atoms with Gasteiger partial charge in [-0.3, -0.25) is 4.79 Å². The first-order valence-corrected chi connectivity index (χ1v) is 7.88. The van der Waals surface area contributed by atoms with Crippen LogP contribution in [0.15, 0.2) is 18.5 Å². The summed E-state index contributed by atoms with van der Waals surface area (Å²) in [6.07, 6.45) is 7.15. The number of nitrogens with zero attached hydrogens (tertiary/aromatic N) is 3. The van der Waals surface area contributed by atoms with Crippen molar-refractivity contribution in [3.05, 3.63) is 18.5 Å². The molecule has 6 nitrogen and oxygen atoms in total. The van der Waals surface area contributed by atoms with Gasteiger partial charge in [-0.15, -0.1) is 0 Å². The van der Waals surface area contributed by atoms with Gasteiger partial charge in [0.15, 0.2) is 5.65 Å². The Morgan fingerprint density at radius 1 is 1.50 bits per heavy atom. The molecule has 118 valence electrons. The Morgan fingerprint density at radius 3 is 3.09 bits per heavy atom. The predicted octanol–water partition coefficient (Wildman–Crippen LogP) is 2.91. The molecule has 0 aromatic carbocycles. The molecule has 0 unspecified atom stereocenters. The molecular weight excluding hydrogens is 280 g/mol. The van der Waals surface area contributed by atoms with Crippen LogP contribution >= 0.6 is 0 Å². The number of ether oxygens (including phenoxy) is 1. The standard InChI is InChI=1S/C16H22N4O2/c1-11(2)20-16-12(9-18-20)8-13(10-17-16)19-15(21)6-5-14-4-3-7-22-14/h8-11,14H,3-7H2,1-2H3,(H,19,21)/t14-/m0/s1. The number of rotatable bonds is 5. The molecule has 1 N–H and O–H groups in total. The van der Waals surface area contributed by atoms with E-state index in [-0.39, 0.29) is 18.1 Å². The molecule has 3 rings (SSSR count). The fourth-order valence-electron chi connectivity index (χ4n) is 2.77. The molecule has 0 spiro atoms. The van der Waals surface area contributed by atoms with Crippen molar-refractivity contribution in [3.63, 3.8) is 0 Å². The van der Waals surface area contributed by atoms with E-state index in [0.29, 0.717) is 12.1 Å². The van der Waals surface area contributed by atoms with Crippen LogP contribution in [0.25, 0.3) is 11.0 Å². The lowest BCUT2D eigenvalue weighted by Gasteiger charge is -2.10. The molecular formula is C16H22N4O2. The van der Waals surface area contributed by atoms with E-state index in [1.165, 1.54) is 0 Å². The van der Waals surface area contributed by atoms with Gasteiger partial charge in [-0.25, -0.2) is 9.67 Å². The first-order chi connectivity index (χ1) is 10.6. The summed E-state index contributed by atoms with van der Waals surface area (Å²) in [5, 5.41) is 8.17. The fourth-order valence-corrected chi connectivity index (χ4v) is 2.77. The number of fused-ring (bicyclic) bond motifs is 1. The van der Waals surface area contributed by atoms with Crippen LogP contribution < -0.4 is 5.32 Å². The first kappa shape index (κ1) is 15.0. The van der Waals surface area contributed by atoms with Crippen molar-refractivity contribution in [2.75, 3.05) is 11.9 Å². The zero-order valence-corrected chi connectivity index (χ0v) is 13.1. The topological polar surface area (TPSA) is 69.0 Å². The number of carbonyl (C=O) groups is 1. The highest BCUT2D eigenvalue weighted by Crippen LogP contribution is 2.20. The van der Waals surface area contributed by atoms with Gasteiger partial charge in [-0.2, -0.15) is 5.10 Å². The summed E-state index contributed by atoms with van der Waals surface area (Å²) in [6, 6.07) is 2.18. The summed E-state index contributed by atoms with van der Waals surface area (Å²) in [5.41, 5.74) is 1.56. The van der Waals surface area contributed by atoms with Crippen molar-refractivity contribution < 1.29 is 9.53 Å². The van der Waals surface area contributed by atoms with Gasteiger partial charge in [-0.1, -0.05) is 0 Å². The lowest BCUT2D eigenvalue weighted by molar-refractivity contribution is -0.116. The highest BCUT2D eigenvalue weighted by atomic mass is 16.5. The summed E-state index contributed by atoms with van der Waals surface area (Å²) in [6.45, 7) is 4.95. The van der Waals surface area contributed by atoms with Gasteiger partial charge in [0.05, 0.1) is 24.2 Å². The van der Waals surface area contributed by atoms with Crippen LogP contribution in [0.2, 0.25) is 0 Å². The molecule has 2 aromatic heterocycles. The summed E-state index contributed by atoms with van der Waals surface area (Å²) >= 11 is 0. The molecule has 0 bridgehead atoms. The second-order valence-electron chi connectivity index (χ2n) is 6.04. The third-order valence-electron chi connectivity index (χ3n) is 3.92. The molecule has 2 aromatic rings. The van der Waals surface area contributed by atoms with Crippen LogP contribution in [0.5, 0.6) is 0 Å². The molecule has 1 aliphatic rings. The Balaban J connectivity index is 1.62. The predicted molar refractivity (Wildman–Crippen MR) is 84.8 cm³/mol. The van der Waals surface area contributed by atoms with Gasteiger partial charge < -0.3 is 10.1 Å². The van der Waals surface area contributed by atoms with Crippen molar-refractivity contribution in [2.24, 2.45) is 0 Å². The van der Waals surface area contributed by atoms with Crippen molar-refractivity contribution >= 4 is 22.6 Å². The van der Waals surface area contributed by atoms with E-state index in [4.69, 9.17) is 4.74 Å². The second-order valence-corrected chi connectivity index (χ2v) is 6.04. The molecule has 1 aliphatic heterocycles. The Morgan fingerprint density at radius 2 is 2.36 bits per heavy atom. The van der Waals surface area contributed by atoms with Gasteiger partial charge in [0.25, 0.3) is 0 Å². The lowest BCUT2D eigenvalue weighted by atomic mass is 10.1. The van der Waals surface area contributed by atoms with Crippen molar-refractivity contribution in [1.29, 1.82) is 0 Å². The van der Waals surface area contributed by atoms with Crippen LogP contribution in [0.3, 0.4) is 0 Å². The zero-order valence-electron chi connectivity index (χ0n) is 13.1. The third kappa shape index (κ3) is 3.27. The Hall–Kier alpha value is -1.95. The maximum Gasteiger partial charge on any atom is 0.224 e. The molecule has 0 saturated carbocycles. The molecule has 1 fully saturated rings. The third-order valence-corrected chi connectivity index (χ3v) is 3.92. The SMILES string of the molecule is CC(C)n1ncc2cc(NC(=O)CC[C@@H]3CCCO3)cnc21. The molecule has 0 radical (unpaired) electrons. The van der Waals surface area contributed by atoms with Crippen LogP contribution in [0.4, 0.5) is 5.69 Å². The molecule has 6 heteroatoms. The number of anilines is 1. The van der Waals surface area contributed by atoms with Gasteiger partial charge in [-0.05, 0) is 39.2 Å². The van der Waals surface area contributed by atoms with E-state index in [0.717, 1.165) is 36.9 Å². The molecule has 0 aliphatic carbocycles. The van der Waals surface area contributed by atoms with Crippen LogP contribution in [-0.4, -0.2) is 33.4 Å². The summed E-state index contributed by atoms with van der Waals surface area (Å²) in [7, 11) is 0. The zero-order chi connectivity index (χ0) is 15.5. The number of amides is 1. The van der Waals surface area contributed by atoms with E-state index in [1.54, 1.807) is 12.4 Å². The summed E-state index contributed by atoms with van der Waals surface area (Å²) < 4.78 is 7.41. The fraction of sp³-hybridized carbons (Fsp3) is 0.562. The van der Waals surface area contributed by atoms with E-state index >= 15 is 0 Å². The van der Waals surface area contributed by atoms with Gasteiger partial charge in [0, 0.05) is 24.5 Å². The van der Waals surface area contributed by atoms with Crippen LogP contribution in [0, 0.1) is 0 Å². The maximum absolute atomic E-state index is 12.0. The summed E-state index contributed by atoms with van der Waals surface area (Å²) in [4.78, 5) is 16.4. The largest absolute Gasteiger partial charge is 0.378 e. The Labute approximate surface area is 129 Å². The molecule has 3 heterocycles. The van der Waals surface area contributed by atoms with E-state index in [9.17, 15) is 4.79 Å². The molecule has 1 amide bonds. The van der Waals surface area contributed by atoms with Gasteiger partial charge >= 0.3 is 0 Å². The monoisotopic (exact) mass is 302 g/mol. The van der Waals surface area contributed by atoms with Gasteiger partial charge in [0.1, 0.15) is 0 Å². The highest BCUT2D eigenvalue weighted by Gasteiger charge is 2.17. The quantitative estimate of drug-likeness (QED) is 0.922. The normalized spacial score (nSPS) is 18.2. The Kier molecular flexibility index (Phi) is 4.38. The minimum atomic E-state index is 0.00732. The van der Waals surface area contributed by atoms with E-state index in [1.807, 2.05) is 10.7 Å². The summed E-state index contributed by atoms with van der Waals surface area (Å²) in [5.74, 6) is 0.00732. The van der Waals surface area contributed by atoms with Crippen molar-refractivity contribution in [2.45, 2.75) is 51.7 Å². The van der Waals surface area contributed by atoms with E-state index < -0.39 is 0 Å². The second kappa shape index (κ2) is 6.44. The van der Waals surface area contributed by atoms with Crippen molar-refractivity contribution in [1.82, 2.24) is 14.8 Å². The number of carbonyl (C=O) groups excluding carboxylic acids is 1. The Bertz CT molecular complexity index is 659. The number of hydrogen-bond acceptors (Lipinski definition) is 4.